The van der Waals surface area contributed by atoms with E-state index in [1.165, 1.54) is 0 Å². The third-order valence-electron chi connectivity index (χ3n) is 1.52. The average Bonchev–Trinajstić information content (AvgIpc) is 1.97. The van der Waals surface area contributed by atoms with Crippen molar-refractivity contribution in [1.29, 1.82) is 0 Å². The zero-order valence-corrected chi connectivity index (χ0v) is 7.26. The molecule has 0 aromatic carbocycles. The van der Waals surface area contributed by atoms with Crippen LogP contribution in [0.5, 0.6) is 0 Å². The summed E-state index contributed by atoms with van der Waals surface area (Å²) in [7, 11) is 0. The molecular weight excluding hydrogens is 140 g/mol. The Morgan fingerprint density at radius 1 is 1.45 bits per heavy atom. The second-order valence-electron chi connectivity index (χ2n) is 2.55. The molecule has 0 fully saturated rings. The molecule has 0 atom stereocenters. The van der Waals surface area contributed by atoms with Crippen molar-refractivity contribution in [3.05, 3.63) is 11.6 Å². The zero-order chi connectivity index (χ0) is 8.69. The molecule has 1 N–H and O–H groups in total. The van der Waals surface area contributed by atoms with Gasteiger partial charge in [0.05, 0.1) is 0 Å². The van der Waals surface area contributed by atoms with Gasteiger partial charge in [-0.2, -0.15) is 0 Å². The van der Waals surface area contributed by atoms with Gasteiger partial charge in [0.15, 0.2) is 0 Å². The number of carboxylic acid groups (broad SMARTS) is 1. The fourth-order valence-electron chi connectivity index (χ4n) is 0.910. The number of hydrogen-bond donors (Lipinski definition) is 1. The van der Waals surface area contributed by atoms with Gasteiger partial charge in [0.1, 0.15) is 0 Å². The number of hydrogen-bond acceptors (Lipinski definition) is 1. The summed E-state index contributed by atoms with van der Waals surface area (Å²) in [6.07, 6.45) is 5.33. The predicted molar refractivity (Wildman–Crippen MR) is 45.5 cm³/mol. The summed E-state index contributed by atoms with van der Waals surface area (Å²) in [5.41, 5.74) is 0.564. The van der Waals surface area contributed by atoms with Crippen molar-refractivity contribution in [3.8, 4) is 0 Å². The monoisotopic (exact) mass is 156 g/mol. The second-order valence-corrected chi connectivity index (χ2v) is 2.55. The van der Waals surface area contributed by atoms with Crippen LogP contribution in [0.3, 0.4) is 0 Å². The highest BCUT2D eigenvalue weighted by atomic mass is 16.4. The van der Waals surface area contributed by atoms with Crippen molar-refractivity contribution in [2.75, 3.05) is 0 Å². The van der Waals surface area contributed by atoms with E-state index in [2.05, 4.69) is 6.92 Å². The van der Waals surface area contributed by atoms with Gasteiger partial charge in [-0.25, -0.2) is 4.79 Å². The summed E-state index contributed by atoms with van der Waals surface area (Å²) in [5.74, 6) is -0.764. The zero-order valence-electron chi connectivity index (χ0n) is 7.26. The van der Waals surface area contributed by atoms with Gasteiger partial charge in [-0.05, 0) is 19.3 Å². The molecule has 0 aromatic heterocycles. The van der Waals surface area contributed by atoms with Crippen molar-refractivity contribution in [1.82, 2.24) is 0 Å². The molecular formula is C9H16O2. The summed E-state index contributed by atoms with van der Waals surface area (Å²) in [6.45, 7) is 4.01. The van der Waals surface area contributed by atoms with Crippen LogP contribution < -0.4 is 0 Å². The van der Waals surface area contributed by atoms with Gasteiger partial charge in [0.2, 0.25) is 0 Å². The highest BCUT2D eigenvalue weighted by Crippen LogP contribution is 2.07. The minimum absolute atomic E-state index is 0.564. The fraction of sp³-hybridized carbons (Fsp3) is 0.667. The number of unbranched alkanes of at least 4 members (excludes halogenated alkanes) is 1. The summed E-state index contributed by atoms with van der Waals surface area (Å²) in [4.78, 5) is 10.5. The van der Waals surface area contributed by atoms with Gasteiger partial charge < -0.3 is 5.11 Å². The molecule has 0 amide bonds. The van der Waals surface area contributed by atoms with Crippen LogP contribution in [0.2, 0.25) is 0 Å². The van der Waals surface area contributed by atoms with Crippen LogP contribution in [-0.4, -0.2) is 11.1 Å². The molecule has 0 unspecified atom stereocenters. The lowest BCUT2D eigenvalue weighted by Crippen LogP contribution is -2.00. The average molecular weight is 156 g/mol. The van der Waals surface area contributed by atoms with Crippen molar-refractivity contribution in [3.63, 3.8) is 0 Å². The van der Waals surface area contributed by atoms with E-state index < -0.39 is 5.97 Å². The Kier molecular flexibility index (Phi) is 5.53. The SMILES string of the molecule is CC/C=C(\CCCC)C(=O)O. The summed E-state index contributed by atoms with van der Waals surface area (Å²) >= 11 is 0. The van der Waals surface area contributed by atoms with Gasteiger partial charge in [-0.1, -0.05) is 26.3 Å². The maximum absolute atomic E-state index is 10.5. The topological polar surface area (TPSA) is 37.3 Å². The number of rotatable bonds is 5. The third-order valence-corrected chi connectivity index (χ3v) is 1.52. The molecule has 0 spiro atoms. The van der Waals surface area contributed by atoms with Crippen molar-refractivity contribution in [2.24, 2.45) is 0 Å². The Bertz CT molecular complexity index is 148. The number of carboxylic acids is 1. The molecule has 0 aliphatic carbocycles. The number of carbonyl (C=O) groups is 1. The van der Waals surface area contributed by atoms with Gasteiger partial charge >= 0.3 is 5.97 Å². The molecule has 0 heterocycles. The molecule has 2 nitrogen and oxygen atoms in total. The molecule has 0 bridgehead atoms. The molecule has 0 aliphatic heterocycles. The Hall–Kier alpha value is -0.790. The van der Waals surface area contributed by atoms with Crippen molar-refractivity contribution in [2.45, 2.75) is 39.5 Å². The lowest BCUT2D eigenvalue weighted by atomic mass is 10.1. The molecule has 0 aromatic rings. The minimum Gasteiger partial charge on any atom is -0.478 e. The second kappa shape index (κ2) is 5.96. The predicted octanol–water partition coefficient (Wildman–Crippen LogP) is 2.60. The summed E-state index contributed by atoms with van der Waals surface area (Å²) in [6, 6.07) is 0. The Morgan fingerprint density at radius 2 is 2.09 bits per heavy atom. The van der Waals surface area contributed by atoms with E-state index in [4.69, 9.17) is 5.11 Å². The summed E-state index contributed by atoms with van der Waals surface area (Å²) in [5, 5.41) is 8.66. The van der Waals surface area contributed by atoms with Crippen LogP contribution in [0.25, 0.3) is 0 Å². The van der Waals surface area contributed by atoms with Crippen molar-refractivity contribution < 1.29 is 9.90 Å². The first-order valence-corrected chi connectivity index (χ1v) is 4.14. The maximum Gasteiger partial charge on any atom is 0.331 e. The van der Waals surface area contributed by atoms with Crippen LogP contribution in [0.4, 0.5) is 0 Å². The van der Waals surface area contributed by atoms with Gasteiger partial charge in [-0.15, -0.1) is 0 Å². The van der Waals surface area contributed by atoms with Gasteiger partial charge in [0, 0.05) is 5.57 Å². The van der Waals surface area contributed by atoms with E-state index in [9.17, 15) is 4.79 Å². The molecule has 2 heteroatoms. The van der Waals surface area contributed by atoms with E-state index >= 15 is 0 Å². The summed E-state index contributed by atoms with van der Waals surface area (Å²) < 4.78 is 0. The molecule has 0 rings (SSSR count). The fourth-order valence-corrected chi connectivity index (χ4v) is 0.910. The van der Waals surface area contributed by atoms with Crippen LogP contribution in [0.1, 0.15) is 39.5 Å². The lowest BCUT2D eigenvalue weighted by molar-refractivity contribution is -0.132. The Labute approximate surface area is 67.9 Å². The molecule has 0 radical (unpaired) electrons. The minimum atomic E-state index is -0.764. The smallest absolute Gasteiger partial charge is 0.331 e. The maximum atomic E-state index is 10.5. The first kappa shape index (κ1) is 10.2. The van der Waals surface area contributed by atoms with Crippen LogP contribution in [-0.2, 0) is 4.79 Å². The Balaban J connectivity index is 3.90. The van der Waals surface area contributed by atoms with E-state index in [0.29, 0.717) is 12.0 Å². The van der Waals surface area contributed by atoms with Crippen molar-refractivity contribution >= 4 is 5.97 Å². The standard InChI is InChI=1S/C9H16O2/c1-3-5-7-8(6-4-2)9(10)11/h6H,3-5,7H2,1-2H3,(H,10,11)/b8-6+. The van der Waals surface area contributed by atoms with Gasteiger partial charge in [-0.3, -0.25) is 0 Å². The highest BCUT2D eigenvalue weighted by molar-refractivity contribution is 5.86. The van der Waals surface area contributed by atoms with Gasteiger partial charge in [0.25, 0.3) is 0 Å². The highest BCUT2D eigenvalue weighted by Gasteiger charge is 2.03. The lowest BCUT2D eigenvalue weighted by Gasteiger charge is -1.98. The van der Waals surface area contributed by atoms with E-state index in [1.807, 2.05) is 6.92 Å². The Morgan fingerprint density at radius 3 is 2.45 bits per heavy atom. The largest absolute Gasteiger partial charge is 0.478 e. The van der Waals surface area contributed by atoms with E-state index in [1.54, 1.807) is 6.08 Å². The normalized spacial score (nSPS) is 11.6. The molecule has 64 valence electrons. The number of allylic oxidation sites excluding steroid dienone is 1. The van der Waals surface area contributed by atoms with Crippen LogP contribution in [0.15, 0.2) is 11.6 Å². The molecule has 0 saturated carbocycles. The van der Waals surface area contributed by atoms with E-state index in [0.717, 1.165) is 19.3 Å². The first-order valence-electron chi connectivity index (χ1n) is 4.14. The third kappa shape index (κ3) is 4.59. The quantitative estimate of drug-likeness (QED) is 0.621. The molecule has 0 saturated heterocycles. The van der Waals surface area contributed by atoms with Crippen LogP contribution in [0, 0.1) is 0 Å². The van der Waals surface area contributed by atoms with E-state index in [-0.39, 0.29) is 0 Å². The van der Waals surface area contributed by atoms with Crippen LogP contribution >= 0.6 is 0 Å². The number of aliphatic carboxylic acids is 1. The molecule has 0 aliphatic rings. The first-order chi connectivity index (χ1) is 5.22. The molecule has 11 heavy (non-hydrogen) atoms.